The van der Waals surface area contributed by atoms with Crippen molar-refractivity contribution in [3.63, 3.8) is 0 Å². The smallest absolute Gasteiger partial charge is 0.0719 e. The first-order chi connectivity index (χ1) is 15.4. The minimum absolute atomic E-state index is 0.242. The van der Waals surface area contributed by atoms with E-state index in [4.69, 9.17) is 4.98 Å². The zero-order valence-electron chi connectivity index (χ0n) is 18.8. The van der Waals surface area contributed by atoms with E-state index in [0.29, 0.717) is 0 Å². The monoisotopic (exact) mass is 451 g/mol. The maximum Gasteiger partial charge on any atom is 0.0719 e. The van der Waals surface area contributed by atoms with Gasteiger partial charge in [-0.05, 0) is 54.2 Å². The van der Waals surface area contributed by atoms with Gasteiger partial charge in [0.1, 0.15) is 0 Å². The van der Waals surface area contributed by atoms with E-state index in [1.807, 2.05) is 22.7 Å². The van der Waals surface area contributed by atoms with Crippen LogP contribution in [0.3, 0.4) is 0 Å². The molecule has 0 amide bonds. The number of hydrogen-bond acceptors (Lipinski definition) is 3. The summed E-state index contributed by atoms with van der Waals surface area (Å²) in [6, 6.07) is 22.4. The van der Waals surface area contributed by atoms with Crippen molar-refractivity contribution in [3.05, 3.63) is 78.0 Å². The van der Waals surface area contributed by atoms with Crippen LogP contribution >= 0.6 is 22.7 Å². The lowest BCUT2D eigenvalue weighted by Gasteiger charge is -2.20. The number of rotatable bonds is 2. The molecule has 0 saturated heterocycles. The molecule has 3 aromatic carbocycles. The number of nitrogens with zero attached hydrogens (tertiary/aromatic N) is 1. The molecule has 0 saturated carbocycles. The third kappa shape index (κ3) is 3.15. The molecule has 3 heterocycles. The van der Waals surface area contributed by atoms with Crippen molar-refractivity contribution in [2.24, 2.45) is 5.41 Å². The average molecular weight is 452 g/mol. The molecule has 0 aliphatic carbocycles. The molecule has 1 nitrogen and oxygen atoms in total. The Morgan fingerprint density at radius 2 is 1.44 bits per heavy atom. The number of aryl methyl sites for hydroxylation is 1. The topological polar surface area (TPSA) is 12.9 Å². The van der Waals surface area contributed by atoms with Gasteiger partial charge in [-0.1, -0.05) is 57.2 Å². The summed E-state index contributed by atoms with van der Waals surface area (Å²) in [5.41, 5.74) is 5.26. The molecule has 0 aliphatic heterocycles. The normalized spacial score (nSPS) is 12.5. The van der Waals surface area contributed by atoms with Crippen LogP contribution in [0.15, 0.2) is 66.9 Å². The predicted molar refractivity (Wildman–Crippen MR) is 143 cm³/mol. The fraction of sp³-hybridized carbons (Fsp3) is 0.207. The fourth-order valence-corrected chi connectivity index (χ4v) is 7.16. The molecule has 0 radical (unpaired) electrons. The number of thiophene rings is 2. The zero-order chi connectivity index (χ0) is 22.0. The van der Waals surface area contributed by atoms with Gasteiger partial charge in [0.2, 0.25) is 0 Å². The van der Waals surface area contributed by atoms with Crippen LogP contribution in [0.2, 0.25) is 0 Å². The summed E-state index contributed by atoms with van der Waals surface area (Å²) in [4.78, 5) is 4.93. The van der Waals surface area contributed by atoms with Crippen molar-refractivity contribution in [3.8, 4) is 11.3 Å². The van der Waals surface area contributed by atoms with E-state index in [1.54, 1.807) is 0 Å². The van der Waals surface area contributed by atoms with Crippen molar-refractivity contribution in [1.82, 2.24) is 4.98 Å². The molecule has 3 aromatic heterocycles. The van der Waals surface area contributed by atoms with E-state index in [1.165, 1.54) is 57.0 Å². The van der Waals surface area contributed by atoms with Gasteiger partial charge in [-0.3, -0.25) is 4.98 Å². The van der Waals surface area contributed by atoms with Crippen LogP contribution in [0, 0.1) is 12.3 Å². The van der Waals surface area contributed by atoms with E-state index in [9.17, 15) is 0 Å². The van der Waals surface area contributed by atoms with E-state index < -0.39 is 0 Å². The molecule has 0 atom stereocenters. The first kappa shape index (κ1) is 19.9. The van der Waals surface area contributed by atoms with E-state index in [2.05, 4.69) is 94.6 Å². The Bertz CT molecular complexity index is 1640. The van der Waals surface area contributed by atoms with Crippen LogP contribution < -0.4 is 0 Å². The van der Waals surface area contributed by atoms with Gasteiger partial charge in [0.15, 0.2) is 0 Å². The van der Waals surface area contributed by atoms with Crippen LogP contribution in [0.1, 0.15) is 31.9 Å². The average Bonchev–Trinajstić information content (AvgIpc) is 3.31. The van der Waals surface area contributed by atoms with Crippen LogP contribution in [0.5, 0.6) is 0 Å². The first-order valence-electron chi connectivity index (χ1n) is 11.1. The molecule has 3 heteroatoms. The Hall–Kier alpha value is -2.75. The molecular weight excluding hydrogens is 426 g/mol. The molecule has 0 bridgehead atoms. The van der Waals surface area contributed by atoms with Gasteiger partial charge in [-0.25, -0.2) is 0 Å². The Labute approximate surface area is 196 Å². The lowest BCUT2D eigenvalue weighted by Crippen LogP contribution is -2.10. The molecular formula is C29H25NS2. The number of hydrogen-bond donors (Lipinski definition) is 0. The summed E-state index contributed by atoms with van der Waals surface area (Å²) in [5, 5.41) is 5.49. The van der Waals surface area contributed by atoms with Gasteiger partial charge >= 0.3 is 0 Å². The second-order valence-electron chi connectivity index (χ2n) is 9.93. The van der Waals surface area contributed by atoms with Crippen LogP contribution in [-0.2, 0) is 6.42 Å². The molecule has 0 N–H and O–H groups in total. The van der Waals surface area contributed by atoms with Crippen LogP contribution in [0.25, 0.3) is 51.6 Å². The van der Waals surface area contributed by atoms with Gasteiger partial charge in [0.25, 0.3) is 0 Å². The molecule has 0 spiro atoms. The van der Waals surface area contributed by atoms with Crippen molar-refractivity contribution >= 4 is 63.0 Å². The summed E-state index contributed by atoms with van der Waals surface area (Å²) < 4.78 is 5.38. The number of pyridine rings is 1. The summed E-state index contributed by atoms with van der Waals surface area (Å²) in [5.74, 6) is 0. The summed E-state index contributed by atoms with van der Waals surface area (Å²) in [6.45, 7) is 9.10. The number of aromatic nitrogens is 1. The highest BCUT2D eigenvalue weighted by atomic mass is 32.1. The molecule has 0 unspecified atom stereocenters. The fourth-order valence-electron chi connectivity index (χ4n) is 4.77. The van der Waals surface area contributed by atoms with E-state index in [-0.39, 0.29) is 5.41 Å². The summed E-state index contributed by atoms with van der Waals surface area (Å²) >= 11 is 3.79. The van der Waals surface area contributed by atoms with Gasteiger partial charge in [0, 0.05) is 52.1 Å². The Kier molecular flexibility index (Phi) is 4.43. The quantitative estimate of drug-likeness (QED) is 0.255. The zero-order valence-corrected chi connectivity index (χ0v) is 20.5. The van der Waals surface area contributed by atoms with E-state index in [0.717, 1.165) is 12.1 Å². The number of fused-ring (bicyclic) bond motifs is 7. The highest BCUT2D eigenvalue weighted by Gasteiger charge is 2.20. The summed E-state index contributed by atoms with van der Waals surface area (Å²) in [6.07, 6.45) is 3.11. The Morgan fingerprint density at radius 1 is 0.781 bits per heavy atom. The first-order valence-corrected chi connectivity index (χ1v) is 12.7. The van der Waals surface area contributed by atoms with Crippen molar-refractivity contribution in [2.75, 3.05) is 0 Å². The van der Waals surface area contributed by atoms with Crippen molar-refractivity contribution in [2.45, 2.75) is 34.1 Å². The largest absolute Gasteiger partial charge is 0.256 e. The Balaban J connectivity index is 1.73. The maximum absolute atomic E-state index is 4.93. The molecule has 32 heavy (non-hydrogen) atoms. The molecule has 6 rings (SSSR count). The summed E-state index contributed by atoms with van der Waals surface area (Å²) in [7, 11) is 0. The van der Waals surface area contributed by atoms with Crippen LogP contribution in [0.4, 0.5) is 0 Å². The second-order valence-corrected chi connectivity index (χ2v) is 12.1. The van der Waals surface area contributed by atoms with Crippen LogP contribution in [-0.4, -0.2) is 4.98 Å². The molecule has 6 aromatic rings. The standard InChI is InChI=1S/C29H25NS2/c1-17-16-30-22(13-18(17)15-29(2,3)4)21-14-25-26(19-9-5-7-11-23(19)31-25)27-20-10-6-8-12-24(20)32-28(21)27/h5-14,16H,15H2,1-4H3. The molecule has 0 aliphatic rings. The third-order valence-electron chi connectivity index (χ3n) is 6.20. The van der Waals surface area contributed by atoms with Gasteiger partial charge < -0.3 is 0 Å². The van der Waals surface area contributed by atoms with E-state index >= 15 is 0 Å². The third-order valence-corrected chi connectivity index (χ3v) is 8.52. The minimum atomic E-state index is 0.242. The highest BCUT2D eigenvalue weighted by molar-refractivity contribution is 7.28. The SMILES string of the molecule is Cc1cnc(-c2cc3sc4ccccc4c3c3c2sc2ccccc23)cc1CC(C)(C)C. The highest BCUT2D eigenvalue weighted by Crippen LogP contribution is 2.48. The lowest BCUT2D eigenvalue weighted by molar-refractivity contribution is 0.410. The Morgan fingerprint density at radius 3 is 2.16 bits per heavy atom. The predicted octanol–water partition coefficient (Wildman–Crippen LogP) is 9.38. The molecule has 0 fully saturated rings. The minimum Gasteiger partial charge on any atom is -0.256 e. The van der Waals surface area contributed by atoms with Crippen molar-refractivity contribution in [1.29, 1.82) is 0 Å². The van der Waals surface area contributed by atoms with Gasteiger partial charge in [-0.15, -0.1) is 22.7 Å². The number of benzene rings is 3. The lowest BCUT2D eigenvalue weighted by atomic mass is 9.86. The second kappa shape index (κ2) is 7.13. The molecule has 158 valence electrons. The van der Waals surface area contributed by atoms with Gasteiger partial charge in [0.05, 0.1) is 5.69 Å². The van der Waals surface area contributed by atoms with Gasteiger partial charge in [-0.2, -0.15) is 0 Å². The van der Waals surface area contributed by atoms with Crippen molar-refractivity contribution < 1.29 is 0 Å². The maximum atomic E-state index is 4.93.